The van der Waals surface area contributed by atoms with Crippen molar-refractivity contribution in [3.63, 3.8) is 0 Å². The van der Waals surface area contributed by atoms with Gasteiger partial charge in [-0.15, -0.1) is 0 Å². The van der Waals surface area contributed by atoms with E-state index in [9.17, 15) is 0 Å². The van der Waals surface area contributed by atoms with Gasteiger partial charge >= 0.3 is 0 Å². The Hall–Kier alpha value is -0.983. The maximum atomic E-state index is 6.33. The smallest absolute Gasteiger partial charge is 0.192 e. The highest BCUT2D eigenvalue weighted by Gasteiger charge is 2.54. The molecule has 0 spiro atoms. The molecule has 0 aliphatic carbocycles. The summed E-state index contributed by atoms with van der Waals surface area (Å²) in [5.74, 6) is -0.587. The maximum Gasteiger partial charge on any atom is 0.192 e. The van der Waals surface area contributed by atoms with Crippen LogP contribution in [0.3, 0.4) is 0 Å². The van der Waals surface area contributed by atoms with Gasteiger partial charge < -0.3 is 18.6 Å². The summed E-state index contributed by atoms with van der Waals surface area (Å²) in [6, 6.07) is 10.3. The second-order valence-corrected chi connectivity index (χ2v) is 14.3. The van der Waals surface area contributed by atoms with Crippen LogP contribution < -0.4 is 0 Å². The molecule has 4 nitrogen and oxygen atoms in total. The van der Waals surface area contributed by atoms with Crippen LogP contribution in [-0.4, -0.2) is 39.0 Å². The molecule has 2 saturated heterocycles. The van der Waals surface area contributed by atoms with Crippen molar-refractivity contribution in [1.82, 2.24) is 0 Å². The summed E-state index contributed by atoms with van der Waals surface area (Å²) in [6.45, 7) is 15.8. The van der Waals surface area contributed by atoms with Crippen molar-refractivity contribution < 1.29 is 18.6 Å². The first kappa shape index (κ1) is 20.7. The maximum absolute atomic E-state index is 6.33. The molecule has 3 rings (SSSR count). The van der Waals surface area contributed by atoms with Crippen LogP contribution in [-0.2, 0) is 18.6 Å². The molecule has 4 atom stereocenters. The van der Waals surface area contributed by atoms with E-state index < -0.39 is 14.1 Å². The molecule has 5 heteroatoms. The minimum absolute atomic E-state index is 0.0987. The first-order valence-electron chi connectivity index (χ1n) is 9.87. The van der Waals surface area contributed by atoms with Crippen LogP contribution in [0, 0.1) is 0 Å². The average Bonchev–Trinajstić information content (AvgIpc) is 3.05. The number of fused-ring (bicyclic) bond motifs is 1. The number of benzene rings is 1. The number of hydrogen-bond acceptors (Lipinski definition) is 4. The van der Waals surface area contributed by atoms with Crippen LogP contribution in [0.2, 0.25) is 18.1 Å². The summed E-state index contributed by atoms with van der Waals surface area (Å²) in [6.07, 6.45) is 3.70. The minimum atomic E-state index is -1.75. The highest BCUT2D eigenvalue weighted by Crippen LogP contribution is 2.45. The monoisotopic (exact) mass is 390 g/mol. The van der Waals surface area contributed by atoms with Crippen LogP contribution in [0.15, 0.2) is 42.5 Å². The molecule has 2 aliphatic rings. The van der Waals surface area contributed by atoms with E-state index in [-0.39, 0.29) is 29.5 Å². The van der Waals surface area contributed by atoms with E-state index in [1.807, 2.05) is 32.0 Å². The molecule has 0 amide bonds. The third kappa shape index (κ3) is 4.54. The van der Waals surface area contributed by atoms with Gasteiger partial charge in [0.25, 0.3) is 0 Å². The van der Waals surface area contributed by atoms with Crippen molar-refractivity contribution in [3.8, 4) is 0 Å². The summed E-state index contributed by atoms with van der Waals surface area (Å²) in [5, 5.41) is 0.209. The van der Waals surface area contributed by atoms with Crippen molar-refractivity contribution in [2.45, 2.75) is 83.0 Å². The van der Waals surface area contributed by atoms with E-state index >= 15 is 0 Å². The van der Waals surface area contributed by atoms with Gasteiger partial charge in [0.2, 0.25) is 0 Å². The van der Waals surface area contributed by atoms with Gasteiger partial charge in [0.05, 0.1) is 6.61 Å². The Bertz CT molecular complexity index is 663. The Labute approximate surface area is 165 Å². The molecular weight excluding hydrogens is 356 g/mol. The minimum Gasteiger partial charge on any atom is -0.413 e. The molecule has 0 unspecified atom stereocenters. The van der Waals surface area contributed by atoms with Crippen LogP contribution in [0.5, 0.6) is 0 Å². The van der Waals surface area contributed by atoms with Gasteiger partial charge in [0.15, 0.2) is 14.1 Å². The van der Waals surface area contributed by atoms with Crippen molar-refractivity contribution >= 4 is 8.32 Å². The van der Waals surface area contributed by atoms with Crippen LogP contribution in [0.25, 0.3) is 0 Å². The van der Waals surface area contributed by atoms with E-state index in [1.54, 1.807) is 0 Å². The van der Waals surface area contributed by atoms with E-state index in [0.29, 0.717) is 6.61 Å². The molecule has 0 saturated carbocycles. The van der Waals surface area contributed by atoms with Gasteiger partial charge in [0, 0.05) is 0 Å². The van der Waals surface area contributed by atoms with Gasteiger partial charge in [-0.05, 0) is 37.5 Å². The van der Waals surface area contributed by atoms with Gasteiger partial charge in [0.1, 0.15) is 24.4 Å². The molecule has 2 heterocycles. The predicted molar refractivity (Wildman–Crippen MR) is 110 cm³/mol. The second kappa shape index (κ2) is 7.45. The molecule has 0 radical (unpaired) electrons. The Morgan fingerprint density at radius 2 is 1.70 bits per heavy atom. The summed E-state index contributed by atoms with van der Waals surface area (Å²) in [7, 11) is -1.75. The first-order chi connectivity index (χ1) is 12.5. The third-order valence-electron chi connectivity index (χ3n) is 5.89. The van der Waals surface area contributed by atoms with Crippen molar-refractivity contribution in [1.29, 1.82) is 0 Å². The predicted octanol–water partition coefficient (Wildman–Crippen LogP) is 5.22. The van der Waals surface area contributed by atoms with E-state index in [4.69, 9.17) is 18.6 Å². The van der Waals surface area contributed by atoms with Crippen LogP contribution >= 0.6 is 0 Å². The molecule has 150 valence electrons. The number of ether oxygens (including phenoxy) is 3. The Morgan fingerprint density at radius 3 is 2.33 bits per heavy atom. The van der Waals surface area contributed by atoms with Crippen LogP contribution in [0.4, 0.5) is 0 Å². The van der Waals surface area contributed by atoms with Crippen LogP contribution in [0.1, 0.15) is 46.3 Å². The zero-order chi connectivity index (χ0) is 19.9. The van der Waals surface area contributed by atoms with Gasteiger partial charge in [-0.1, -0.05) is 63.3 Å². The lowest BCUT2D eigenvalue weighted by molar-refractivity contribution is -0.183. The molecule has 2 fully saturated rings. The lowest BCUT2D eigenvalue weighted by Gasteiger charge is -2.35. The van der Waals surface area contributed by atoms with E-state index in [0.717, 1.165) is 5.56 Å². The van der Waals surface area contributed by atoms with Gasteiger partial charge in [-0.2, -0.15) is 0 Å². The fourth-order valence-corrected chi connectivity index (χ4v) is 4.30. The van der Waals surface area contributed by atoms with E-state index in [1.165, 1.54) is 0 Å². The Balaban J connectivity index is 1.69. The normalized spacial score (nSPS) is 30.8. The average molecular weight is 391 g/mol. The molecule has 27 heavy (non-hydrogen) atoms. The quantitative estimate of drug-likeness (QED) is 0.510. The molecule has 0 bridgehead atoms. The standard InChI is InChI=1S/C22H34O4Si/c1-21(2,3)27(6,7)23-15-11-14-17-19-20(26-22(4,5)25-19)18(24-17)16-12-9-8-10-13-16/h8-14,17-20H,15H2,1-7H3/b14-11+/t17-,18+,19-,20+/m1/s1. The third-order valence-corrected chi connectivity index (χ3v) is 10.4. The van der Waals surface area contributed by atoms with Gasteiger partial charge in [-0.3, -0.25) is 0 Å². The van der Waals surface area contributed by atoms with Crippen molar-refractivity contribution in [2.24, 2.45) is 0 Å². The Morgan fingerprint density at radius 1 is 1.07 bits per heavy atom. The lowest BCUT2D eigenvalue weighted by atomic mass is 10.0. The summed E-state index contributed by atoms with van der Waals surface area (Å²) >= 11 is 0. The molecule has 1 aromatic rings. The molecule has 0 aromatic heterocycles. The number of rotatable bonds is 5. The zero-order valence-electron chi connectivity index (χ0n) is 17.7. The van der Waals surface area contributed by atoms with E-state index in [2.05, 4.69) is 58.2 Å². The van der Waals surface area contributed by atoms with Crippen molar-refractivity contribution in [3.05, 3.63) is 48.0 Å². The lowest BCUT2D eigenvalue weighted by Crippen LogP contribution is -2.40. The summed E-state index contributed by atoms with van der Waals surface area (Å²) < 4.78 is 24.9. The topological polar surface area (TPSA) is 36.9 Å². The SMILES string of the molecule is CC1(C)O[C@@H]2[C@H](O1)[C@@H](/C=C/CO[Si](C)(C)C(C)(C)C)O[C@H]2c1ccccc1. The first-order valence-corrected chi connectivity index (χ1v) is 12.8. The van der Waals surface area contributed by atoms with Crippen molar-refractivity contribution in [2.75, 3.05) is 6.61 Å². The molecule has 1 aromatic carbocycles. The molecular formula is C22H34O4Si. The second-order valence-electron chi connectivity index (χ2n) is 9.50. The summed E-state index contributed by atoms with van der Waals surface area (Å²) in [5.41, 5.74) is 1.13. The zero-order valence-corrected chi connectivity index (χ0v) is 18.7. The van der Waals surface area contributed by atoms with Gasteiger partial charge in [-0.25, -0.2) is 0 Å². The molecule has 0 N–H and O–H groups in total. The fraction of sp³-hybridized carbons (Fsp3) is 0.636. The summed E-state index contributed by atoms with van der Waals surface area (Å²) in [4.78, 5) is 0. The molecule has 2 aliphatic heterocycles. The highest BCUT2D eigenvalue weighted by molar-refractivity contribution is 6.74. The Kier molecular flexibility index (Phi) is 5.72. The number of hydrogen-bond donors (Lipinski definition) is 0. The fourth-order valence-electron chi connectivity index (χ4n) is 3.36. The largest absolute Gasteiger partial charge is 0.413 e. The highest BCUT2D eigenvalue weighted by atomic mass is 28.4.